The third-order valence-corrected chi connectivity index (χ3v) is 2.53. The lowest BCUT2D eigenvalue weighted by atomic mass is 10.1. The zero-order valence-corrected chi connectivity index (χ0v) is 8.86. The number of nitrogen functional groups attached to an aromatic ring is 1. The zero-order chi connectivity index (χ0) is 10.8. The van der Waals surface area contributed by atoms with E-state index in [-0.39, 0.29) is 6.04 Å². The van der Waals surface area contributed by atoms with Gasteiger partial charge in [-0.1, -0.05) is 0 Å². The molecule has 0 aromatic carbocycles. The van der Waals surface area contributed by atoms with Crippen molar-refractivity contribution in [3.8, 4) is 0 Å². The van der Waals surface area contributed by atoms with Crippen LogP contribution in [0.4, 0.5) is 5.82 Å². The van der Waals surface area contributed by atoms with Crippen LogP contribution in [0.2, 0.25) is 0 Å². The Bertz CT molecular complexity index is 365. The highest BCUT2D eigenvalue weighted by atomic mass is 16.5. The Kier molecular flexibility index (Phi) is 2.83. The van der Waals surface area contributed by atoms with Gasteiger partial charge >= 0.3 is 0 Å². The SMILES string of the molecule is CC(N)c1nc(N)c2c(n1)CCOCC2. The fourth-order valence-electron chi connectivity index (χ4n) is 1.70. The van der Waals surface area contributed by atoms with Crippen molar-refractivity contribution in [3.63, 3.8) is 0 Å². The summed E-state index contributed by atoms with van der Waals surface area (Å²) in [7, 11) is 0. The summed E-state index contributed by atoms with van der Waals surface area (Å²) < 4.78 is 5.38. The van der Waals surface area contributed by atoms with Gasteiger partial charge in [0, 0.05) is 18.4 Å². The fraction of sp³-hybridized carbons (Fsp3) is 0.600. The van der Waals surface area contributed by atoms with Gasteiger partial charge in [-0.15, -0.1) is 0 Å². The van der Waals surface area contributed by atoms with Crippen LogP contribution in [0.1, 0.15) is 30.0 Å². The van der Waals surface area contributed by atoms with Crippen molar-refractivity contribution < 1.29 is 4.74 Å². The highest BCUT2D eigenvalue weighted by molar-refractivity contribution is 5.43. The highest BCUT2D eigenvalue weighted by Crippen LogP contribution is 2.19. The van der Waals surface area contributed by atoms with Crippen LogP contribution in [0.25, 0.3) is 0 Å². The first-order valence-electron chi connectivity index (χ1n) is 5.17. The molecule has 0 spiro atoms. The third-order valence-electron chi connectivity index (χ3n) is 2.53. The van der Waals surface area contributed by atoms with Crippen molar-refractivity contribution in [2.24, 2.45) is 5.73 Å². The lowest BCUT2D eigenvalue weighted by molar-refractivity contribution is 0.146. The van der Waals surface area contributed by atoms with E-state index in [4.69, 9.17) is 16.2 Å². The van der Waals surface area contributed by atoms with Gasteiger partial charge in [0.2, 0.25) is 0 Å². The monoisotopic (exact) mass is 208 g/mol. The second-order valence-electron chi connectivity index (χ2n) is 3.79. The van der Waals surface area contributed by atoms with Crippen LogP contribution in [0.5, 0.6) is 0 Å². The van der Waals surface area contributed by atoms with E-state index in [0.717, 1.165) is 24.1 Å². The van der Waals surface area contributed by atoms with E-state index in [1.807, 2.05) is 6.92 Å². The molecular weight excluding hydrogens is 192 g/mol. The number of rotatable bonds is 1. The average Bonchev–Trinajstić information content (AvgIpc) is 2.42. The van der Waals surface area contributed by atoms with Crippen LogP contribution in [-0.2, 0) is 17.6 Å². The van der Waals surface area contributed by atoms with Gasteiger partial charge in [0.1, 0.15) is 11.6 Å². The van der Waals surface area contributed by atoms with Crippen molar-refractivity contribution >= 4 is 5.82 Å². The molecule has 82 valence electrons. The number of hydrogen-bond acceptors (Lipinski definition) is 5. The predicted molar refractivity (Wildman–Crippen MR) is 57.3 cm³/mol. The number of aromatic nitrogens is 2. The van der Waals surface area contributed by atoms with Gasteiger partial charge in [0.05, 0.1) is 24.9 Å². The van der Waals surface area contributed by atoms with Gasteiger partial charge < -0.3 is 16.2 Å². The number of nitrogens with zero attached hydrogens (tertiary/aromatic N) is 2. The van der Waals surface area contributed by atoms with Crippen molar-refractivity contribution in [3.05, 3.63) is 17.1 Å². The predicted octanol–water partition coefficient (Wildman–Crippen LogP) is 0.194. The van der Waals surface area contributed by atoms with Crippen molar-refractivity contribution in [1.82, 2.24) is 9.97 Å². The zero-order valence-electron chi connectivity index (χ0n) is 8.86. The third kappa shape index (κ3) is 2.08. The van der Waals surface area contributed by atoms with Gasteiger partial charge in [0.15, 0.2) is 0 Å². The smallest absolute Gasteiger partial charge is 0.147 e. The lowest BCUT2D eigenvalue weighted by Crippen LogP contribution is -2.15. The van der Waals surface area contributed by atoms with E-state index in [0.29, 0.717) is 24.9 Å². The van der Waals surface area contributed by atoms with Crippen LogP contribution in [-0.4, -0.2) is 23.2 Å². The molecule has 0 fully saturated rings. The van der Waals surface area contributed by atoms with Gasteiger partial charge in [0.25, 0.3) is 0 Å². The second kappa shape index (κ2) is 4.12. The highest BCUT2D eigenvalue weighted by Gasteiger charge is 2.16. The summed E-state index contributed by atoms with van der Waals surface area (Å²) in [5, 5.41) is 0. The fourth-order valence-corrected chi connectivity index (χ4v) is 1.70. The molecule has 0 aliphatic carbocycles. The molecule has 0 saturated carbocycles. The Morgan fingerprint density at radius 2 is 2.00 bits per heavy atom. The number of fused-ring (bicyclic) bond motifs is 1. The first-order valence-corrected chi connectivity index (χ1v) is 5.17. The van der Waals surface area contributed by atoms with E-state index in [1.165, 1.54) is 0 Å². The Morgan fingerprint density at radius 3 is 2.73 bits per heavy atom. The average molecular weight is 208 g/mol. The van der Waals surface area contributed by atoms with Gasteiger partial charge in [-0.3, -0.25) is 0 Å². The number of nitrogens with two attached hydrogens (primary N) is 2. The van der Waals surface area contributed by atoms with Crippen LogP contribution in [0.3, 0.4) is 0 Å². The van der Waals surface area contributed by atoms with Crippen LogP contribution in [0, 0.1) is 0 Å². The molecule has 0 amide bonds. The van der Waals surface area contributed by atoms with Crippen molar-refractivity contribution in [2.45, 2.75) is 25.8 Å². The number of ether oxygens (including phenoxy) is 1. The first kappa shape index (κ1) is 10.3. The van der Waals surface area contributed by atoms with Gasteiger partial charge in [-0.25, -0.2) is 9.97 Å². The number of hydrogen-bond donors (Lipinski definition) is 2. The Hall–Kier alpha value is -1.20. The van der Waals surface area contributed by atoms with Crippen molar-refractivity contribution in [1.29, 1.82) is 0 Å². The Balaban J connectivity index is 2.44. The molecule has 1 unspecified atom stereocenters. The van der Waals surface area contributed by atoms with Crippen molar-refractivity contribution in [2.75, 3.05) is 18.9 Å². The molecule has 2 rings (SSSR count). The summed E-state index contributed by atoms with van der Waals surface area (Å²) in [6.07, 6.45) is 1.59. The summed E-state index contributed by atoms with van der Waals surface area (Å²) in [5.74, 6) is 1.17. The molecule has 1 aliphatic heterocycles. The molecular formula is C10H16N4O. The Morgan fingerprint density at radius 1 is 1.27 bits per heavy atom. The van der Waals surface area contributed by atoms with Crippen LogP contribution in [0.15, 0.2) is 0 Å². The molecule has 1 aromatic heterocycles. The summed E-state index contributed by atoms with van der Waals surface area (Å²) >= 11 is 0. The Labute approximate surface area is 88.8 Å². The minimum Gasteiger partial charge on any atom is -0.383 e. The molecule has 1 aromatic rings. The lowest BCUT2D eigenvalue weighted by Gasteiger charge is -2.11. The summed E-state index contributed by atoms with van der Waals surface area (Å²) in [6.45, 7) is 3.24. The maximum Gasteiger partial charge on any atom is 0.147 e. The van der Waals surface area contributed by atoms with Crippen LogP contribution < -0.4 is 11.5 Å². The summed E-state index contributed by atoms with van der Waals surface area (Å²) in [4.78, 5) is 8.65. The summed E-state index contributed by atoms with van der Waals surface area (Å²) in [6, 6.07) is -0.179. The molecule has 15 heavy (non-hydrogen) atoms. The molecule has 0 radical (unpaired) electrons. The van der Waals surface area contributed by atoms with E-state index < -0.39 is 0 Å². The minimum absolute atomic E-state index is 0.179. The maximum atomic E-state index is 5.89. The van der Waals surface area contributed by atoms with E-state index in [9.17, 15) is 0 Å². The topological polar surface area (TPSA) is 87.0 Å². The quantitative estimate of drug-likeness (QED) is 0.688. The molecule has 2 heterocycles. The number of anilines is 1. The van der Waals surface area contributed by atoms with E-state index in [1.54, 1.807) is 0 Å². The summed E-state index contributed by atoms with van der Waals surface area (Å²) in [5.41, 5.74) is 13.6. The molecule has 4 N–H and O–H groups in total. The normalized spacial score (nSPS) is 18.0. The van der Waals surface area contributed by atoms with E-state index in [2.05, 4.69) is 9.97 Å². The maximum absolute atomic E-state index is 5.89. The minimum atomic E-state index is -0.179. The van der Waals surface area contributed by atoms with Gasteiger partial charge in [-0.05, 0) is 6.92 Å². The van der Waals surface area contributed by atoms with Gasteiger partial charge in [-0.2, -0.15) is 0 Å². The largest absolute Gasteiger partial charge is 0.383 e. The molecule has 5 nitrogen and oxygen atoms in total. The second-order valence-corrected chi connectivity index (χ2v) is 3.79. The first-order chi connectivity index (χ1) is 7.18. The molecule has 0 saturated heterocycles. The molecule has 0 bridgehead atoms. The molecule has 1 atom stereocenters. The molecule has 1 aliphatic rings. The van der Waals surface area contributed by atoms with Crippen LogP contribution >= 0.6 is 0 Å². The molecule has 5 heteroatoms. The standard InChI is InChI=1S/C10H16N4O/c1-6(11)10-13-8-3-5-15-4-2-7(8)9(12)14-10/h6H,2-5,11H2,1H3,(H2,12,13,14). The van der Waals surface area contributed by atoms with E-state index >= 15 is 0 Å².